The molecule has 0 aliphatic heterocycles. The fourth-order valence-corrected chi connectivity index (χ4v) is 2.08. The van der Waals surface area contributed by atoms with Crippen LogP contribution in [0.3, 0.4) is 0 Å². The van der Waals surface area contributed by atoms with Gasteiger partial charge in [0, 0.05) is 31.8 Å². The topological polar surface area (TPSA) is 55.6 Å². The number of carbonyl (C=O) groups is 1. The molecule has 2 N–H and O–H groups in total. The Kier molecular flexibility index (Phi) is 7.09. The number of amides is 1. The molecule has 112 valence electrons. The fraction of sp³-hybridized carbons (Fsp3) is 0.562. The van der Waals surface area contributed by atoms with Gasteiger partial charge in [0.15, 0.2) is 0 Å². The monoisotopic (exact) mass is 278 g/mol. The highest BCUT2D eigenvalue weighted by molar-refractivity contribution is 5.76. The highest BCUT2D eigenvalue weighted by Crippen LogP contribution is 2.11. The van der Waals surface area contributed by atoms with Gasteiger partial charge < -0.3 is 15.4 Å². The maximum absolute atomic E-state index is 12.3. The first-order valence-electron chi connectivity index (χ1n) is 7.21. The van der Waals surface area contributed by atoms with Gasteiger partial charge >= 0.3 is 0 Å². The van der Waals surface area contributed by atoms with Crippen molar-refractivity contribution in [3.63, 3.8) is 0 Å². The van der Waals surface area contributed by atoms with Crippen molar-refractivity contribution in [3.8, 4) is 0 Å². The molecule has 0 aliphatic rings. The Labute approximate surface area is 121 Å². The minimum absolute atomic E-state index is 0.188. The van der Waals surface area contributed by atoms with E-state index in [9.17, 15) is 4.79 Å². The minimum Gasteiger partial charge on any atom is -0.399 e. The summed E-state index contributed by atoms with van der Waals surface area (Å²) < 4.78 is 5.09. The Morgan fingerprint density at radius 3 is 2.55 bits per heavy atom. The quantitative estimate of drug-likeness (QED) is 0.743. The summed E-state index contributed by atoms with van der Waals surface area (Å²) in [5.41, 5.74) is 7.55. The van der Waals surface area contributed by atoms with Crippen molar-refractivity contribution >= 4 is 11.6 Å². The highest BCUT2D eigenvalue weighted by atomic mass is 16.5. The summed E-state index contributed by atoms with van der Waals surface area (Å²) in [4.78, 5) is 14.3. The number of hydrogen-bond donors (Lipinski definition) is 1. The molecule has 0 saturated carbocycles. The normalized spacial score (nSPS) is 12.2. The van der Waals surface area contributed by atoms with Crippen molar-refractivity contribution in [2.45, 2.75) is 39.2 Å². The number of aryl methyl sites for hydroxylation is 1. The second-order valence-corrected chi connectivity index (χ2v) is 5.08. The lowest BCUT2D eigenvalue weighted by molar-refractivity contribution is -0.134. The maximum Gasteiger partial charge on any atom is 0.223 e. The van der Waals surface area contributed by atoms with Crippen molar-refractivity contribution in [3.05, 3.63) is 29.8 Å². The molecule has 4 heteroatoms. The molecule has 0 aromatic heterocycles. The van der Waals surface area contributed by atoms with E-state index in [-0.39, 0.29) is 11.9 Å². The van der Waals surface area contributed by atoms with Crippen LogP contribution < -0.4 is 5.73 Å². The van der Waals surface area contributed by atoms with Crippen LogP contribution in [0.1, 0.15) is 32.3 Å². The molecule has 0 aliphatic carbocycles. The number of anilines is 1. The van der Waals surface area contributed by atoms with Crippen molar-refractivity contribution in [1.82, 2.24) is 4.90 Å². The Hall–Kier alpha value is -1.55. The van der Waals surface area contributed by atoms with Crippen LogP contribution in [0.2, 0.25) is 0 Å². The molecule has 0 heterocycles. The van der Waals surface area contributed by atoms with Crippen LogP contribution in [0.15, 0.2) is 24.3 Å². The van der Waals surface area contributed by atoms with E-state index in [2.05, 4.69) is 13.8 Å². The average Bonchev–Trinajstić information content (AvgIpc) is 2.46. The number of hydrogen-bond acceptors (Lipinski definition) is 3. The lowest BCUT2D eigenvalue weighted by atomic mass is 10.1. The van der Waals surface area contributed by atoms with Crippen LogP contribution in [-0.4, -0.2) is 37.1 Å². The third kappa shape index (κ3) is 5.21. The molecule has 0 spiro atoms. The first-order valence-corrected chi connectivity index (χ1v) is 7.21. The third-order valence-corrected chi connectivity index (χ3v) is 3.59. The van der Waals surface area contributed by atoms with Gasteiger partial charge in [0.2, 0.25) is 5.91 Å². The van der Waals surface area contributed by atoms with Crippen LogP contribution in [0.25, 0.3) is 0 Å². The van der Waals surface area contributed by atoms with Crippen LogP contribution in [0.4, 0.5) is 5.69 Å². The van der Waals surface area contributed by atoms with Crippen molar-refractivity contribution < 1.29 is 9.53 Å². The summed E-state index contributed by atoms with van der Waals surface area (Å²) in [5.74, 6) is 0.188. The van der Waals surface area contributed by atoms with E-state index in [0.717, 1.165) is 24.1 Å². The van der Waals surface area contributed by atoms with E-state index in [1.807, 2.05) is 29.2 Å². The van der Waals surface area contributed by atoms with E-state index in [4.69, 9.17) is 10.5 Å². The molecule has 1 atom stereocenters. The van der Waals surface area contributed by atoms with E-state index in [1.54, 1.807) is 7.11 Å². The van der Waals surface area contributed by atoms with Gasteiger partial charge in [-0.2, -0.15) is 0 Å². The second-order valence-electron chi connectivity index (χ2n) is 5.08. The van der Waals surface area contributed by atoms with Gasteiger partial charge in [0.25, 0.3) is 0 Å². The first kappa shape index (κ1) is 16.5. The molecule has 1 aromatic carbocycles. The summed E-state index contributed by atoms with van der Waals surface area (Å²) in [5, 5.41) is 0. The summed E-state index contributed by atoms with van der Waals surface area (Å²) in [6.07, 6.45) is 2.23. The number of rotatable bonds is 8. The zero-order valence-electron chi connectivity index (χ0n) is 12.8. The molecule has 4 nitrogen and oxygen atoms in total. The molecule has 1 unspecified atom stereocenters. The van der Waals surface area contributed by atoms with Gasteiger partial charge in [0.1, 0.15) is 0 Å². The molecule has 0 radical (unpaired) electrons. The Balaban J connectivity index is 2.54. The number of nitrogens with two attached hydrogens (primary N) is 1. The molecule has 1 amide bonds. The number of carbonyl (C=O) groups excluding carboxylic acids is 1. The van der Waals surface area contributed by atoms with E-state index >= 15 is 0 Å². The van der Waals surface area contributed by atoms with Gasteiger partial charge in [-0.1, -0.05) is 19.1 Å². The number of nitrogen functional groups attached to an aromatic ring is 1. The van der Waals surface area contributed by atoms with E-state index in [1.165, 1.54) is 0 Å². The van der Waals surface area contributed by atoms with E-state index in [0.29, 0.717) is 19.6 Å². The van der Waals surface area contributed by atoms with Gasteiger partial charge in [-0.25, -0.2) is 0 Å². The van der Waals surface area contributed by atoms with Crippen LogP contribution in [0.5, 0.6) is 0 Å². The molecular weight excluding hydrogens is 252 g/mol. The van der Waals surface area contributed by atoms with Gasteiger partial charge in [-0.05, 0) is 37.5 Å². The third-order valence-electron chi connectivity index (χ3n) is 3.59. The Bertz CT molecular complexity index is 403. The average molecular weight is 278 g/mol. The zero-order valence-corrected chi connectivity index (χ0v) is 12.8. The van der Waals surface area contributed by atoms with Crippen molar-refractivity contribution in [2.24, 2.45) is 0 Å². The van der Waals surface area contributed by atoms with Crippen molar-refractivity contribution in [2.75, 3.05) is 26.0 Å². The minimum atomic E-state index is 0.188. The van der Waals surface area contributed by atoms with Gasteiger partial charge in [0.05, 0.1) is 6.61 Å². The smallest absolute Gasteiger partial charge is 0.223 e. The molecule has 1 rings (SSSR count). The standard InChI is InChI=1S/C16H26N2O2/c1-4-13(2)18(11-12-20-3)16(19)10-7-14-5-8-15(17)9-6-14/h5-6,8-9,13H,4,7,10-12,17H2,1-3H3. The van der Waals surface area contributed by atoms with Crippen LogP contribution in [0, 0.1) is 0 Å². The maximum atomic E-state index is 12.3. The second kappa shape index (κ2) is 8.59. The predicted octanol–water partition coefficient (Wildman–Crippen LogP) is 2.47. The first-order chi connectivity index (χ1) is 9.58. The lowest BCUT2D eigenvalue weighted by Gasteiger charge is -2.28. The van der Waals surface area contributed by atoms with Gasteiger partial charge in [-0.3, -0.25) is 4.79 Å². The highest BCUT2D eigenvalue weighted by Gasteiger charge is 2.18. The lowest BCUT2D eigenvalue weighted by Crippen LogP contribution is -2.40. The Morgan fingerprint density at radius 2 is 2.00 bits per heavy atom. The van der Waals surface area contributed by atoms with Crippen LogP contribution >= 0.6 is 0 Å². The largest absolute Gasteiger partial charge is 0.399 e. The number of nitrogens with zero attached hydrogens (tertiary/aromatic N) is 1. The summed E-state index contributed by atoms with van der Waals surface area (Å²) >= 11 is 0. The molecule has 1 aromatic rings. The number of benzene rings is 1. The molecule has 0 fully saturated rings. The number of methoxy groups -OCH3 is 1. The summed E-state index contributed by atoms with van der Waals surface area (Å²) in [6, 6.07) is 7.95. The predicted molar refractivity (Wildman–Crippen MR) is 82.5 cm³/mol. The summed E-state index contributed by atoms with van der Waals surface area (Å²) in [7, 11) is 1.66. The fourth-order valence-electron chi connectivity index (χ4n) is 2.08. The molecular formula is C16H26N2O2. The number of ether oxygens (including phenoxy) is 1. The van der Waals surface area contributed by atoms with Crippen LogP contribution in [-0.2, 0) is 16.0 Å². The molecule has 0 bridgehead atoms. The Morgan fingerprint density at radius 1 is 1.35 bits per heavy atom. The molecule has 20 heavy (non-hydrogen) atoms. The summed E-state index contributed by atoms with van der Waals surface area (Å²) in [6.45, 7) is 5.42. The van der Waals surface area contributed by atoms with Crippen molar-refractivity contribution in [1.29, 1.82) is 0 Å². The van der Waals surface area contributed by atoms with Gasteiger partial charge in [-0.15, -0.1) is 0 Å². The SMILES string of the molecule is CCC(C)N(CCOC)C(=O)CCc1ccc(N)cc1. The molecule has 0 saturated heterocycles. The van der Waals surface area contributed by atoms with E-state index < -0.39 is 0 Å². The zero-order chi connectivity index (χ0) is 15.0.